The quantitative estimate of drug-likeness (QED) is 0.601. The summed E-state index contributed by atoms with van der Waals surface area (Å²) in [6.07, 6.45) is 9.15. The van der Waals surface area contributed by atoms with Crippen molar-refractivity contribution in [2.75, 3.05) is 0 Å². The van der Waals surface area contributed by atoms with Crippen LogP contribution in [-0.2, 0) is 0 Å². The third-order valence-corrected chi connectivity index (χ3v) is 5.50. The number of hydrogen-bond acceptors (Lipinski definition) is 0. The highest BCUT2D eigenvalue weighted by Gasteiger charge is 2.50. The van der Waals surface area contributed by atoms with E-state index in [1.807, 2.05) is 0 Å². The lowest BCUT2D eigenvalue weighted by molar-refractivity contribution is 0.0327. The molecule has 0 bridgehead atoms. The molecule has 0 heterocycles. The maximum Gasteiger partial charge on any atom is -0.0251 e. The smallest absolute Gasteiger partial charge is 0.0251 e. The molecular formula is C14H26. The van der Waals surface area contributed by atoms with E-state index in [-0.39, 0.29) is 0 Å². The molecule has 0 radical (unpaired) electrons. The summed E-state index contributed by atoms with van der Waals surface area (Å²) in [5.74, 6) is 1.75. The van der Waals surface area contributed by atoms with Crippen molar-refractivity contribution in [3.8, 4) is 0 Å². The minimum Gasteiger partial charge on any atom is -0.0622 e. The van der Waals surface area contributed by atoms with Crippen LogP contribution in [0.25, 0.3) is 0 Å². The predicted molar refractivity (Wildman–Crippen MR) is 62.2 cm³/mol. The molecule has 2 fully saturated rings. The van der Waals surface area contributed by atoms with Crippen LogP contribution in [0.1, 0.15) is 66.2 Å². The van der Waals surface area contributed by atoms with E-state index in [2.05, 4.69) is 27.7 Å². The zero-order valence-electron chi connectivity index (χ0n) is 10.4. The Bertz CT molecular complexity index is 188. The lowest BCUT2D eigenvalue weighted by Crippen LogP contribution is -2.37. The summed E-state index contributed by atoms with van der Waals surface area (Å²) in [6, 6.07) is 0. The van der Waals surface area contributed by atoms with E-state index in [9.17, 15) is 0 Å². The fourth-order valence-electron chi connectivity index (χ4n) is 3.74. The van der Waals surface area contributed by atoms with Crippen molar-refractivity contribution in [3.05, 3.63) is 0 Å². The molecule has 2 aliphatic carbocycles. The Balaban J connectivity index is 2.06. The molecule has 0 N–H and O–H groups in total. The Morgan fingerprint density at radius 3 is 1.29 bits per heavy atom. The van der Waals surface area contributed by atoms with Gasteiger partial charge in [0.15, 0.2) is 0 Å². The summed E-state index contributed by atoms with van der Waals surface area (Å²) in [5, 5.41) is 0. The number of rotatable bonds is 2. The van der Waals surface area contributed by atoms with Crippen LogP contribution >= 0.6 is 0 Å². The zero-order chi connectivity index (χ0) is 10.4. The molecule has 0 aliphatic heterocycles. The molecule has 2 aliphatic rings. The Morgan fingerprint density at radius 1 is 0.643 bits per heavy atom. The van der Waals surface area contributed by atoms with Gasteiger partial charge in [0, 0.05) is 0 Å². The summed E-state index contributed by atoms with van der Waals surface area (Å²) < 4.78 is 0. The monoisotopic (exact) mass is 194 g/mol. The zero-order valence-corrected chi connectivity index (χ0v) is 10.4. The average molecular weight is 194 g/mol. The normalized spacial score (nSPS) is 28.7. The van der Waals surface area contributed by atoms with Crippen LogP contribution in [0.5, 0.6) is 0 Å². The standard InChI is InChI=1S/C14H26/c1-11(2)14(12(3)4)9-7-13(5-6-13)8-10-14/h11-12H,5-10H2,1-4H3. The Labute approximate surface area is 89.5 Å². The first-order valence-electron chi connectivity index (χ1n) is 6.51. The Morgan fingerprint density at radius 2 is 1.00 bits per heavy atom. The molecule has 82 valence electrons. The van der Waals surface area contributed by atoms with Crippen LogP contribution in [0.15, 0.2) is 0 Å². The summed E-state index contributed by atoms with van der Waals surface area (Å²) in [5.41, 5.74) is 1.53. The second-order valence-corrected chi connectivity index (χ2v) is 6.54. The lowest BCUT2D eigenvalue weighted by Gasteiger charge is -2.47. The van der Waals surface area contributed by atoms with Gasteiger partial charge in [-0.2, -0.15) is 0 Å². The van der Waals surface area contributed by atoms with E-state index >= 15 is 0 Å². The van der Waals surface area contributed by atoms with Crippen LogP contribution in [0.3, 0.4) is 0 Å². The van der Waals surface area contributed by atoms with Gasteiger partial charge in [-0.25, -0.2) is 0 Å². The minimum absolute atomic E-state index is 0.674. The van der Waals surface area contributed by atoms with Crippen molar-refractivity contribution in [1.29, 1.82) is 0 Å². The van der Waals surface area contributed by atoms with Crippen LogP contribution in [0, 0.1) is 22.7 Å². The molecule has 0 saturated heterocycles. The molecule has 0 unspecified atom stereocenters. The highest BCUT2D eigenvalue weighted by Crippen LogP contribution is 2.62. The highest BCUT2D eigenvalue weighted by atomic mass is 14.6. The van der Waals surface area contributed by atoms with Gasteiger partial charge in [0.25, 0.3) is 0 Å². The van der Waals surface area contributed by atoms with Crippen molar-refractivity contribution in [1.82, 2.24) is 0 Å². The topological polar surface area (TPSA) is 0 Å². The maximum absolute atomic E-state index is 2.44. The third kappa shape index (κ3) is 1.51. The van der Waals surface area contributed by atoms with Gasteiger partial charge in [0.2, 0.25) is 0 Å². The van der Waals surface area contributed by atoms with Gasteiger partial charge in [-0.15, -0.1) is 0 Å². The molecule has 2 rings (SSSR count). The van der Waals surface area contributed by atoms with Crippen LogP contribution in [0.4, 0.5) is 0 Å². The summed E-state index contributed by atoms with van der Waals surface area (Å²) in [7, 11) is 0. The predicted octanol–water partition coefficient (Wildman–Crippen LogP) is 4.64. The Kier molecular flexibility index (Phi) is 2.44. The van der Waals surface area contributed by atoms with Crippen LogP contribution in [0.2, 0.25) is 0 Å². The molecule has 0 atom stereocenters. The lowest BCUT2D eigenvalue weighted by atomic mass is 9.58. The molecule has 0 aromatic heterocycles. The van der Waals surface area contributed by atoms with Gasteiger partial charge in [-0.3, -0.25) is 0 Å². The van der Waals surface area contributed by atoms with Crippen LogP contribution in [-0.4, -0.2) is 0 Å². The van der Waals surface area contributed by atoms with E-state index in [0.717, 1.165) is 17.3 Å². The largest absolute Gasteiger partial charge is 0.0622 e. The van der Waals surface area contributed by atoms with E-state index in [1.54, 1.807) is 12.8 Å². The first-order chi connectivity index (χ1) is 6.51. The van der Waals surface area contributed by atoms with Gasteiger partial charge in [-0.05, 0) is 61.2 Å². The second-order valence-electron chi connectivity index (χ2n) is 6.54. The van der Waals surface area contributed by atoms with E-state index in [4.69, 9.17) is 0 Å². The molecule has 0 nitrogen and oxygen atoms in total. The van der Waals surface area contributed by atoms with Gasteiger partial charge in [0.1, 0.15) is 0 Å². The first kappa shape index (κ1) is 10.5. The molecule has 1 spiro atoms. The number of hydrogen-bond donors (Lipinski definition) is 0. The van der Waals surface area contributed by atoms with Gasteiger partial charge in [-0.1, -0.05) is 27.7 Å². The molecule has 0 aromatic rings. The fraction of sp³-hybridized carbons (Fsp3) is 1.00. The van der Waals surface area contributed by atoms with Crippen molar-refractivity contribution in [2.45, 2.75) is 66.2 Å². The molecule has 2 saturated carbocycles. The van der Waals surface area contributed by atoms with Crippen molar-refractivity contribution < 1.29 is 0 Å². The fourth-order valence-corrected chi connectivity index (χ4v) is 3.74. The van der Waals surface area contributed by atoms with Crippen molar-refractivity contribution >= 4 is 0 Å². The van der Waals surface area contributed by atoms with E-state index < -0.39 is 0 Å². The van der Waals surface area contributed by atoms with Gasteiger partial charge < -0.3 is 0 Å². The van der Waals surface area contributed by atoms with Crippen LogP contribution < -0.4 is 0 Å². The first-order valence-corrected chi connectivity index (χ1v) is 6.51. The second kappa shape index (κ2) is 3.25. The summed E-state index contributed by atoms with van der Waals surface area (Å²) in [6.45, 7) is 9.74. The average Bonchev–Trinajstić information content (AvgIpc) is 2.86. The van der Waals surface area contributed by atoms with E-state index in [1.165, 1.54) is 25.7 Å². The molecule has 0 aromatic carbocycles. The van der Waals surface area contributed by atoms with E-state index in [0.29, 0.717) is 5.41 Å². The molecular weight excluding hydrogens is 168 g/mol. The highest BCUT2D eigenvalue weighted by molar-refractivity contribution is 5.01. The molecule has 0 amide bonds. The Hall–Kier alpha value is 0. The van der Waals surface area contributed by atoms with Gasteiger partial charge >= 0.3 is 0 Å². The summed E-state index contributed by atoms with van der Waals surface area (Å²) in [4.78, 5) is 0. The maximum atomic E-state index is 2.44. The minimum atomic E-state index is 0.674. The summed E-state index contributed by atoms with van der Waals surface area (Å²) >= 11 is 0. The van der Waals surface area contributed by atoms with Crippen molar-refractivity contribution in [2.24, 2.45) is 22.7 Å². The third-order valence-electron chi connectivity index (χ3n) is 5.50. The van der Waals surface area contributed by atoms with Crippen molar-refractivity contribution in [3.63, 3.8) is 0 Å². The SMILES string of the molecule is CC(C)C1(C(C)C)CCC2(CC2)CC1. The van der Waals surface area contributed by atoms with Gasteiger partial charge in [0.05, 0.1) is 0 Å². The molecule has 14 heavy (non-hydrogen) atoms. The molecule has 0 heteroatoms.